The zero-order valence-electron chi connectivity index (χ0n) is 14.3. The molecule has 0 saturated heterocycles. The normalized spacial score (nSPS) is 10.3. The summed E-state index contributed by atoms with van der Waals surface area (Å²) in [5, 5.41) is 5.97. The van der Waals surface area contributed by atoms with Gasteiger partial charge < -0.3 is 20.1 Å². The molecule has 0 spiro atoms. The number of rotatable bonds is 8. The fourth-order valence-corrected chi connectivity index (χ4v) is 2.21. The maximum atomic E-state index is 12.0. The van der Waals surface area contributed by atoms with Gasteiger partial charge in [-0.05, 0) is 44.2 Å². The second-order valence-electron chi connectivity index (χ2n) is 5.63. The number of ether oxygens (including phenoxy) is 2. The van der Waals surface area contributed by atoms with E-state index in [2.05, 4.69) is 10.6 Å². The molecule has 0 radical (unpaired) electrons. The van der Waals surface area contributed by atoms with Crippen LogP contribution in [-0.4, -0.2) is 25.7 Å². The zero-order chi connectivity index (χ0) is 17.4. The van der Waals surface area contributed by atoms with Gasteiger partial charge in [-0.2, -0.15) is 0 Å². The van der Waals surface area contributed by atoms with E-state index in [1.54, 1.807) is 7.11 Å². The quantitative estimate of drug-likeness (QED) is 0.781. The third-order valence-corrected chi connectivity index (χ3v) is 3.35. The molecular formula is C19H24N2O3. The molecule has 0 aromatic heterocycles. The van der Waals surface area contributed by atoms with E-state index >= 15 is 0 Å². The molecule has 0 heterocycles. The van der Waals surface area contributed by atoms with Crippen LogP contribution >= 0.6 is 0 Å². The molecule has 0 aliphatic heterocycles. The molecule has 1 amide bonds. The van der Waals surface area contributed by atoms with Crippen LogP contribution in [0.4, 0.5) is 5.69 Å². The van der Waals surface area contributed by atoms with Crippen LogP contribution in [0.1, 0.15) is 19.4 Å². The number of benzene rings is 2. The van der Waals surface area contributed by atoms with Crippen LogP contribution in [0.2, 0.25) is 0 Å². The lowest BCUT2D eigenvalue weighted by Crippen LogP contribution is -2.29. The first-order chi connectivity index (χ1) is 11.6. The van der Waals surface area contributed by atoms with Gasteiger partial charge in [-0.1, -0.05) is 18.2 Å². The van der Waals surface area contributed by atoms with Crippen LogP contribution in [0, 0.1) is 0 Å². The number of para-hydroxylation sites is 1. The minimum absolute atomic E-state index is 0.0802. The van der Waals surface area contributed by atoms with E-state index in [4.69, 9.17) is 9.47 Å². The van der Waals surface area contributed by atoms with Crippen molar-refractivity contribution in [3.8, 4) is 11.5 Å². The van der Waals surface area contributed by atoms with E-state index in [-0.39, 0.29) is 18.6 Å². The van der Waals surface area contributed by atoms with Crippen molar-refractivity contribution in [1.82, 2.24) is 5.32 Å². The molecule has 0 saturated carbocycles. The maximum Gasteiger partial charge on any atom is 0.239 e. The Hall–Kier alpha value is -2.69. The molecular weight excluding hydrogens is 304 g/mol. The van der Waals surface area contributed by atoms with Gasteiger partial charge in [-0.25, -0.2) is 0 Å². The molecule has 0 aliphatic rings. The molecule has 2 rings (SSSR count). The van der Waals surface area contributed by atoms with Gasteiger partial charge in [-0.15, -0.1) is 0 Å². The van der Waals surface area contributed by atoms with Crippen molar-refractivity contribution in [2.45, 2.75) is 26.5 Å². The summed E-state index contributed by atoms with van der Waals surface area (Å²) in [7, 11) is 1.62. The van der Waals surface area contributed by atoms with E-state index in [1.165, 1.54) is 0 Å². The highest BCUT2D eigenvalue weighted by atomic mass is 16.5. The standard InChI is InChI=1S/C19H24N2O3/c1-14(2)24-17-10-8-16(9-11-17)20-13-19(22)21-12-15-6-4-5-7-18(15)23-3/h4-11,14,20H,12-13H2,1-3H3,(H,21,22). The van der Waals surface area contributed by atoms with Gasteiger partial charge in [0.1, 0.15) is 11.5 Å². The predicted octanol–water partition coefficient (Wildman–Crippen LogP) is 3.21. The molecule has 2 aromatic carbocycles. The smallest absolute Gasteiger partial charge is 0.239 e. The second kappa shape index (κ2) is 8.82. The number of hydrogen-bond donors (Lipinski definition) is 2. The van der Waals surface area contributed by atoms with Crippen LogP contribution < -0.4 is 20.1 Å². The summed E-state index contributed by atoms with van der Waals surface area (Å²) in [6.07, 6.45) is 0.143. The fourth-order valence-electron chi connectivity index (χ4n) is 2.21. The molecule has 0 bridgehead atoms. The Labute approximate surface area is 143 Å². The summed E-state index contributed by atoms with van der Waals surface area (Å²) in [6.45, 7) is 4.61. The first-order valence-corrected chi connectivity index (χ1v) is 7.97. The molecule has 128 valence electrons. The van der Waals surface area contributed by atoms with E-state index in [9.17, 15) is 4.79 Å². The van der Waals surface area contributed by atoms with Gasteiger partial charge in [0.05, 0.1) is 19.8 Å². The minimum atomic E-state index is -0.0802. The predicted molar refractivity (Wildman–Crippen MR) is 95.5 cm³/mol. The second-order valence-corrected chi connectivity index (χ2v) is 5.63. The molecule has 0 atom stereocenters. The van der Waals surface area contributed by atoms with Gasteiger partial charge in [0.25, 0.3) is 0 Å². The molecule has 0 unspecified atom stereocenters. The van der Waals surface area contributed by atoms with Crippen molar-refractivity contribution >= 4 is 11.6 Å². The highest BCUT2D eigenvalue weighted by Gasteiger charge is 2.05. The van der Waals surface area contributed by atoms with E-state index in [0.29, 0.717) is 6.54 Å². The monoisotopic (exact) mass is 328 g/mol. The minimum Gasteiger partial charge on any atom is -0.496 e. The third kappa shape index (κ3) is 5.50. The molecule has 0 fully saturated rings. The van der Waals surface area contributed by atoms with Crippen molar-refractivity contribution < 1.29 is 14.3 Å². The number of carbonyl (C=O) groups excluding carboxylic acids is 1. The number of carbonyl (C=O) groups is 1. The van der Waals surface area contributed by atoms with Gasteiger partial charge in [0.2, 0.25) is 5.91 Å². The lowest BCUT2D eigenvalue weighted by atomic mass is 10.2. The Kier molecular flexibility index (Phi) is 6.49. The van der Waals surface area contributed by atoms with Crippen molar-refractivity contribution in [1.29, 1.82) is 0 Å². The van der Waals surface area contributed by atoms with Crippen molar-refractivity contribution in [2.75, 3.05) is 19.0 Å². The lowest BCUT2D eigenvalue weighted by molar-refractivity contribution is -0.119. The molecule has 0 aliphatic carbocycles. The summed E-state index contributed by atoms with van der Waals surface area (Å²) in [4.78, 5) is 12.0. The van der Waals surface area contributed by atoms with Crippen LogP contribution in [-0.2, 0) is 11.3 Å². The molecule has 24 heavy (non-hydrogen) atoms. The average molecular weight is 328 g/mol. The number of methoxy groups -OCH3 is 1. The van der Waals surface area contributed by atoms with E-state index in [1.807, 2.05) is 62.4 Å². The van der Waals surface area contributed by atoms with Crippen LogP contribution in [0.3, 0.4) is 0 Å². The first kappa shape index (κ1) is 17.7. The third-order valence-electron chi connectivity index (χ3n) is 3.35. The Morgan fingerprint density at radius 3 is 2.46 bits per heavy atom. The summed E-state index contributed by atoms with van der Waals surface area (Å²) >= 11 is 0. The largest absolute Gasteiger partial charge is 0.496 e. The Balaban J connectivity index is 1.78. The van der Waals surface area contributed by atoms with Gasteiger partial charge in [0.15, 0.2) is 0 Å². The van der Waals surface area contributed by atoms with Crippen molar-refractivity contribution in [3.05, 3.63) is 54.1 Å². The van der Waals surface area contributed by atoms with Crippen molar-refractivity contribution in [2.24, 2.45) is 0 Å². The molecule has 5 nitrogen and oxygen atoms in total. The zero-order valence-corrected chi connectivity index (χ0v) is 14.3. The molecule has 2 aromatic rings. The molecule has 2 N–H and O–H groups in total. The van der Waals surface area contributed by atoms with E-state index in [0.717, 1.165) is 22.7 Å². The lowest BCUT2D eigenvalue weighted by Gasteiger charge is -2.12. The van der Waals surface area contributed by atoms with Gasteiger partial charge in [-0.3, -0.25) is 4.79 Å². The summed E-state index contributed by atoms with van der Waals surface area (Å²) < 4.78 is 10.9. The summed E-state index contributed by atoms with van der Waals surface area (Å²) in [5.74, 6) is 1.51. The van der Waals surface area contributed by atoms with Crippen molar-refractivity contribution in [3.63, 3.8) is 0 Å². The highest BCUT2D eigenvalue weighted by molar-refractivity contribution is 5.80. The van der Waals surface area contributed by atoms with Gasteiger partial charge in [0, 0.05) is 17.8 Å². The SMILES string of the molecule is COc1ccccc1CNC(=O)CNc1ccc(OC(C)C)cc1. The van der Waals surface area contributed by atoms with Crippen LogP contribution in [0.25, 0.3) is 0 Å². The topological polar surface area (TPSA) is 59.6 Å². The number of amides is 1. The number of hydrogen-bond acceptors (Lipinski definition) is 4. The Morgan fingerprint density at radius 1 is 1.08 bits per heavy atom. The Morgan fingerprint density at radius 2 is 1.79 bits per heavy atom. The van der Waals surface area contributed by atoms with Gasteiger partial charge >= 0.3 is 0 Å². The van der Waals surface area contributed by atoms with Crippen LogP contribution in [0.5, 0.6) is 11.5 Å². The molecule has 5 heteroatoms. The average Bonchev–Trinajstić information content (AvgIpc) is 2.59. The Bertz CT molecular complexity index is 654. The maximum absolute atomic E-state index is 12.0. The first-order valence-electron chi connectivity index (χ1n) is 7.97. The summed E-state index contributed by atoms with van der Waals surface area (Å²) in [6, 6.07) is 15.2. The van der Waals surface area contributed by atoms with E-state index < -0.39 is 0 Å². The number of anilines is 1. The summed E-state index contributed by atoms with van der Waals surface area (Å²) in [5.41, 5.74) is 1.82. The fraction of sp³-hybridized carbons (Fsp3) is 0.316. The van der Waals surface area contributed by atoms with Crippen LogP contribution in [0.15, 0.2) is 48.5 Å². The highest BCUT2D eigenvalue weighted by Crippen LogP contribution is 2.17. The number of nitrogens with one attached hydrogen (secondary N) is 2.